The van der Waals surface area contributed by atoms with Gasteiger partial charge in [0, 0.05) is 36.3 Å². The van der Waals surface area contributed by atoms with Crippen LogP contribution in [0.4, 0.5) is 4.79 Å². The summed E-state index contributed by atoms with van der Waals surface area (Å²) in [5, 5.41) is 0.904. The third-order valence-corrected chi connectivity index (χ3v) is 4.50. The highest BCUT2D eigenvalue weighted by Crippen LogP contribution is 2.26. The minimum absolute atomic E-state index is 0.436. The van der Waals surface area contributed by atoms with Crippen molar-refractivity contribution in [3.05, 3.63) is 35.3 Å². The summed E-state index contributed by atoms with van der Waals surface area (Å²) >= 11 is 1.56. The summed E-state index contributed by atoms with van der Waals surface area (Å²) in [5.74, 6) is 0.479. The lowest BCUT2D eigenvalue weighted by Crippen LogP contribution is -2.29. The van der Waals surface area contributed by atoms with E-state index in [1.54, 1.807) is 34.6 Å². The number of nitrogens with two attached hydrogens (primary N) is 1. The Hall–Kier alpha value is -2.12. The average molecular weight is 319 g/mol. The van der Waals surface area contributed by atoms with E-state index in [4.69, 9.17) is 15.5 Å². The van der Waals surface area contributed by atoms with Crippen molar-refractivity contribution in [1.82, 2.24) is 9.88 Å². The van der Waals surface area contributed by atoms with Gasteiger partial charge in [0.25, 0.3) is 0 Å². The van der Waals surface area contributed by atoms with E-state index >= 15 is 0 Å². The first kappa shape index (κ1) is 14.8. The fourth-order valence-electron chi connectivity index (χ4n) is 2.22. The molecule has 0 atom stereocenters. The first-order valence-electron chi connectivity index (χ1n) is 7.15. The molecule has 1 fully saturated rings. The maximum atomic E-state index is 11.7. The van der Waals surface area contributed by atoms with Crippen molar-refractivity contribution in [2.24, 2.45) is 5.73 Å². The van der Waals surface area contributed by atoms with Crippen LogP contribution in [0.5, 0.6) is 5.75 Å². The van der Waals surface area contributed by atoms with E-state index < -0.39 is 6.09 Å². The molecule has 2 heterocycles. The van der Waals surface area contributed by atoms with Gasteiger partial charge in [-0.2, -0.15) is 0 Å². The van der Waals surface area contributed by atoms with Gasteiger partial charge < -0.3 is 10.6 Å². The van der Waals surface area contributed by atoms with Crippen molar-refractivity contribution in [3.8, 4) is 16.3 Å². The van der Waals surface area contributed by atoms with E-state index in [9.17, 15) is 4.79 Å². The van der Waals surface area contributed by atoms with Crippen LogP contribution in [0.3, 0.4) is 0 Å². The second-order valence-electron chi connectivity index (χ2n) is 4.99. The van der Waals surface area contributed by atoms with Gasteiger partial charge in [0.1, 0.15) is 5.01 Å². The molecule has 1 aromatic heterocycles. The zero-order chi connectivity index (χ0) is 15.4. The van der Waals surface area contributed by atoms with Crippen LogP contribution in [0.25, 0.3) is 10.6 Å². The third kappa shape index (κ3) is 3.37. The molecule has 1 aliphatic rings. The van der Waals surface area contributed by atoms with Crippen molar-refractivity contribution in [3.63, 3.8) is 0 Å². The van der Waals surface area contributed by atoms with Crippen LogP contribution in [-0.4, -0.2) is 29.1 Å². The van der Waals surface area contributed by atoms with Crippen LogP contribution in [0, 0.1) is 0 Å². The Kier molecular flexibility index (Phi) is 4.55. The quantitative estimate of drug-likeness (QED) is 0.692. The monoisotopic (exact) mass is 319 g/mol. The van der Waals surface area contributed by atoms with Gasteiger partial charge in [-0.3, -0.25) is 4.89 Å². The molecule has 0 bridgehead atoms. The van der Waals surface area contributed by atoms with Crippen LogP contribution in [0.2, 0.25) is 0 Å². The average Bonchev–Trinajstić information content (AvgIpc) is 3.24. The number of amides is 1. The first-order valence-corrected chi connectivity index (χ1v) is 7.96. The number of rotatable bonds is 4. The Morgan fingerprint density at radius 1 is 1.27 bits per heavy atom. The molecule has 0 unspecified atom stereocenters. The summed E-state index contributed by atoms with van der Waals surface area (Å²) in [6.45, 7) is 1.95. The van der Waals surface area contributed by atoms with Gasteiger partial charge in [0.15, 0.2) is 5.75 Å². The Morgan fingerprint density at radius 3 is 2.64 bits per heavy atom. The molecule has 1 aliphatic heterocycles. The zero-order valence-corrected chi connectivity index (χ0v) is 12.8. The molecule has 1 aromatic carbocycles. The number of likely N-dealkylation sites (tertiary alicyclic amines) is 1. The Labute approximate surface area is 132 Å². The van der Waals surface area contributed by atoms with Crippen molar-refractivity contribution >= 4 is 17.4 Å². The molecule has 0 saturated carbocycles. The number of carbonyl (C=O) groups is 1. The molecule has 116 valence electrons. The fourth-order valence-corrected chi connectivity index (χ4v) is 3.02. The summed E-state index contributed by atoms with van der Waals surface area (Å²) in [6, 6.07) is 7.24. The maximum Gasteiger partial charge on any atom is 0.452 e. The van der Waals surface area contributed by atoms with Gasteiger partial charge in [0.05, 0.1) is 0 Å². The van der Waals surface area contributed by atoms with Gasteiger partial charge in [-0.25, -0.2) is 14.7 Å². The second-order valence-corrected chi connectivity index (χ2v) is 6.10. The van der Waals surface area contributed by atoms with Crippen LogP contribution < -0.4 is 10.6 Å². The summed E-state index contributed by atoms with van der Waals surface area (Å²) in [5.41, 5.74) is 6.56. The molecule has 7 heteroatoms. The number of thiazole rings is 1. The maximum absolute atomic E-state index is 11.7. The molecular weight excluding hydrogens is 302 g/mol. The summed E-state index contributed by atoms with van der Waals surface area (Å²) in [6.07, 6.45) is 3.38. The van der Waals surface area contributed by atoms with E-state index in [0.29, 0.717) is 12.3 Å². The highest BCUT2D eigenvalue weighted by molar-refractivity contribution is 7.15. The van der Waals surface area contributed by atoms with Gasteiger partial charge in [-0.05, 0) is 37.1 Å². The van der Waals surface area contributed by atoms with E-state index in [1.807, 2.05) is 12.1 Å². The molecule has 0 aliphatic carbocycles. The highest BCUT2D eigenvalue weighted by Gasteiger charge is 2.20. The third-order valence-electron chi connectivity index (χ3n) is 3.43. The first-order chi connectivity index (χ1) is 10.8. The standard InChI is InChI=1S/C15H17N3O3S/c16-9-13-10-17-14(22-13)11-3-5-12(6-4-11)20-21-15(19)18-7-1-2-8-18/h3-6,10H,1-2,7-9,16H2. The SMILES string of the molecule is NCc1cnc(-c2ccc(OOC(=O)N3CCCC3)cc2)s1. The van der Waals surface area contributed by atoms with Crippen LogP contribution in [0.15, 0.2) is 30.5 Å². The lowest BCUT2D eigenvalue weighted by molar-refractivity contribution is -0.152. The number of hydrogen-bond acceptors (Lipinski definition) is 6. The Bertz CT molecular complexity index is 636. The summed E-state index contributed by atoms with van der Waals surface area (Å²) < 4.78 is 0. The largest absolute Gasteiger partial charge is 0.452 e. The van der Waals surface area contributed by atoms with E-state index in [1.165, 1.54) is 0 Å². The van der Waals surface area contributed by atoms with E-state index in [-0.39, 0.29) is 0 Å². The van der Waals surface area contributed by atoms with Crippen molar-refractivity contribution in [2.75, 3.05) is 13.1 Å². The lowest BCUT2D eigenvalue weighted by Gasteiger charge is -2.13. The highest BCUT2D eigenvalue weighted by atomic mass is 32.1. The van der Waals surface area contributed by atoms with Gasteiger partial charge >= 0.3 is 6.09 Å². The molecule has 0 radical (unpaired) electrons. The molecular formula is C15H17N3O3S. The number of nitrogens with zero attached hydrogens (tertiary/aromatic N) is 2. The molecule has 2 aromatic rings. The van der Waals surface area contributed by atoms with Crippen LogP contribution >= 0.6 is 11.3 Å². The molecule has 0 spiro atoms. The minimum Gasteiger partial charge on any atom is -0.326 e. The minimum atomic E-state index is -0.436. The van der Waals surface area contributed by atoms with E-state index in [2.05, 4.69) is 4.98 Å². The molecule has 2 N–H and O–H groups in total. The van der Waals surface area contributed by atoms with Crippen molar-refractivity contribution in [1.29, 1.82) is 0 Å². The van der Waals surface area contributed by atoms with E-state index in [0.717, 1.165) is 41.4 Å². The van der Waals surface area contributed by atoms with Gasteiger partial charge in [-0.15, -0.1) is 11.3 Å². The van der Waals surface area contributed by atoms with Crippen LogP contribution in [-0.2, 0) is 11.4 Å². The van der Waals surface area contributed by atoms with Gasteiger partial charge in [-0.1, -0.05) is 0 Å². The summed E-state index contributed by atoms with van der Waals surface area (Å²) in [4.78, 5) is 28.6. The molecule has 22 heavy (non-hydrogen) atoms. The number of aromatic nitrogens is 1. The molecule has 6 nitrogen and oxygen atoms in total. The molecule has 1 saturated heterocycles. The van der Waals surface area contributed by atoms with Crippen LogP contribution in [0.1, 0.15) is 17.7 Å². The number of benzene rings is 1. The molecule has 3 rings (SSSR count). The number of hydrogen-bond donors (Lipinski definition) is 1. The topological polar surface area (TPSA) is 77.7 Å². The summed E-state index contributed by atoms with van der Waals surface area (Å²) in [7, 11) is 0. The lowest BCUT2D eigenvalue weighted by atomic mass is 10.2. The zero-order valence-electron chi connectivity index (χ0n) is 12.0. The Morgan fingerprint density at radius 2 is 2.00 bits per heavy atom. The molecule has 1 amide bonds. The predicted molar refractivity (Wildman–Crippen MR) is 83.4 cm³/mol. The predicted octanol–water partition coefficient (Wildman–Crippen LogP) is 2.80. The smallest absolute Gasteiger partial charge is 0.326 e. The van der Waals surface area contributed by atoms with Crippen molar-refractivity contribution < 1.29 is 14.6 Å². The Balaban J connectivity index is 1.58. The number of carbonyl (C=O) groups excluding carboxylic acids is 1. The second kappa shape index (κ2) is 6.76. The fraction of sp³-hybridized carbons (Fsp3) is 0.333. The van der Waals surface area contributed by atoms with Gasteiger partial charge in [0.2, 0.25) is 0 Å². The normalized spacial score (nSPS) is 14.1. The van der Waals surface area contributed by atoms with Crippen molar-refractivity contribution in [2.45, 2.75) is 19.4 Å².